The van der Waals surface area contributed by atoms with Gasteiger partial charge in [0, 0.05) is 14.1 Å². The summed E-state index contributed by atoms with van der Waals surface area (Å²) in [5, 5.41) is 6.07. The third-order valence-electron chi connectivity index (χ3n) is 4.33. The molecular weight excluding hydrogens is 402 g/mol. The van der Waals surface area contributed by atoms with Gasteiger partial charge >= 0.3 is 0 Å². The minimum atomic E-state index is -4.00. The highest BCUT2D eigenvalue weighted by Gasteiger charge is 2.29. The van der Waals surface area contributed by atoms with Crippen molar-refractivity contribution in [3.63, 3.8) is 0 Å². The molecule has 0 radical (unpaired) electrons. The summed E-state index contributed by atoms with van der Waals surface area (Å²) in [6.45, 7) is 1.82. The van der Waals surface area contributed by atoms with Crippen molar-refractivity contribution in [1.82, 2.24) is 9.78 Å². The fourth-order valence-electron chi connectivity index (χ4n) is 2.74. The van der Waals surface area contributed by atoms with Gasteiger partial charge in [-0.1, -0.05) is 23.8 Å². The van der Waals surface area contributed by atoms with E-state index in [9.17, 15) is 22.0 Å². The number of amides is 1. The summed E-state index contributed by atoms with van der Waals surface area (Å²) in [6, 6.07) is 9.36. The Balaban J connectivity index is 1.99. The average molecular weight is 420 g/mol. The normalized spacial score (nSPS) is 11.3. The second-order valence-corrected chi connectivity index (χ2v) is 8.31. The van der Waals surface area contributed by atoms with Crippen molar-refractivity contribution in [2.45, 2.75) is 11.8 Å². The van der Waals surface area contributed by atoms with Gasteiger partial charge in [0.05, 0.1) is 11.1 Å². The summed E-state index contributed by atoms with van der Waals surface area (Å²) >= 11 is 0. The largest absolute Gasteiger partial charge is 0.317 e. The summed E-state index contributed by atoms with van der Waals surface area (Å²) < 4.78 is 55.7. The molecule has 0 spiro atoms. The highest BCUT2D eigenvalue weighted by Crippen LogP contribution is 2.27. The Labute approximate surface area is 166 Å². The number of aromatic nitrogens is 2. The minimum Gasteiger partial charge on any atom is -0.317 e. The molecule has 0 saturated heterocycles. The number of carbonyl (C=O) groups excluding carboxylic acids is 1. The number of aryl methyl sites for hydroxylation is 2. The molecule has 0 atom stereocenters. The lowest BCUT2D eigenvalue weighted by Crippen LogP contribution is -2.30. The molecule has 3 rings (SSSR count). The van der Waals surface area contributed by atoms with Gasteiger partial charge < -0.3 is 5.32 Å². The van der Waals surface area contributed by atoms with E-state index in [0.717, 1.165) is 34.3 Å². The van der Waals surface area contributed by atoms with E-state index >= 15 is 0 Å². The van der Waals surface area contributed by atoms with Crippen LogP contribution in [0.5, 0.6) is 0 Å². The Morgan fingerprint density at radius 2 is 1.69 bits per heavy atom. The molecule has 10 heteroatoms. The quantitative estimate of drug-likeness (QED) is 0.688. The van der Waals surface area contributed by atoms with E-state index in [4.69, 9.17) is 0 Å². The summed E-state index contributed by atoms with van der Waals surface area (Å²) in [5.74, 6) is -2.86. The van der Waals surface area contributed by atoms with E-state index in [-0.39, 0.29) is 16.3 Å². The number of para-hydroxylation sites is 1. The number of rotatable bonds is 5. The predicted octanol–water partition coefficient (Wildman–Crippen LogP) is 3.08. The van der Waals surface area contributed by atoms with Gasteiger partial charge in [-0.2, -0.15) is 5.10 Å². The van der Waals surface area contributed by atoms with Crippen molar-refractivity contribution in [2.75, 3.05) is 16.7 Å². The molecule has 0 unspecified atom stereocenters. The number of carbonyl (C=O) groups is 1. The fraction of sp³-hybridized carbons (Fsp3) is 0.158. The van der Waals surface area contributed by atoms with Crippen LogP contribution in [0.15, 0.2) is 53.6 Å². The monoisotopic (exact) mass is 420 g/mol. The predicted molar refractivity (Wildman–Crippen MR) is 104 cm³/mol. The van der Waals surface area contributed by atoms with E-state index in [1.807, 2.05) is 6.92 Å². The average Bonchev–Trinajstić information content (AvgIpc) is 3.06. The SMILES string of the molecule is Cc1ccc(S(=O)(=O)N(C)c2c(C(=O)Nc3c(F)cccc3F)cnn2C)cc1. The number of hydrogen-bond acceptors (Lipinski definition) is 4. The van der Waals surface area contributed by atoms with Gasteiger partial charge in [0.25, 0.3) is 15.9 Å². The molecule has 0 bridgehead atoms. The van der Waals surface area contributed by atoms with Crippen molar-refractivity contribution in [1.29, 1.82) is 0 Å². The number of hydrogen-bond donors (Lipinski definition) is 1. The fourth-order valence-corrected chi connectivity index (χ4v) is 3.99. The zero-order chi connectivity index (χ0) is 21.3. The summed E-state index contributed by atoms with van der Waals surface area (Å²) in [5.41, 5.74) is 0.101. The van der Waals surface area contributed by atoms with E-state index < -0.39 is 33.3 Å². The molecule has 1 amide bonds. The number of halogens is 2. The number of nitrogens with zero attached hydrogens (tertiary/aromatic N) is 3. The molecule has 29 heavy (non-hydrogen) atoms. The molecule has 152 valence electrons. The molecule has 1 heterocycles. The molecule has 1 aromatic heterocycles. The van der Waals surface area contributed by atoms with Gasteiger partial charge in [-0.05, 0) is 31.2 Å². The van der Waals surface area contributed by atoms with E-state index in [2.05, 4.69) is 10.4 Å². The van der Waals surface area contributed by atoms with Crippen molar-refractivity contribution in [3.05, 3.63) is 71.4 Å². The Kier molecular flexibility index (Phi) is 5.38. The Morgan fingerprint density at radius 1 is 1.10 bits per heavy atom. The van der Waals surface area contributed by atoms with Gasteiger partial charge in [-0.15, -0.1) is 0 Å². The lowest BCUT2D eigenvalue weighted by molar-refractivity contribution is 0.102. The van der Waals surface area contributed by atoms with Crippen LogP contribution in [-0.4, -0.2) is 31.2 Å². The van der Waals surface area contributed by atoms with Gasteiger partial charge in [0.2, 0.25) is 0 Å². The van der Waals surface area contributed by atoms with Crippen LogP contribution < -0.4 is 9.62 Å². The third-order valence-corrected chi connectivity index (χ3v) is 6.09. The summed E-state index contributed by atoms with van der Waals surface area (Å²) in [7, 11) is -1.28. The van der Waals surface area contributed by atoms with E-state index in [1.165, 1.54) is 30.9 Å². The highest BCUT2D eigenvalue weighted by atomic mass is 32.2. The zero-order valence-corrected chi connectivity index (χ0v) is 16.7. The molecule has 0 aliphatic heterocycles. The second kappa shape index (κ2) is 7.63. The topological polar surface area (TPSA) is 84.3 Å². The Morgan fingerprint density at radius 3 is 2.28 bits per heavy atom. The van der Waals surface area contributed by atoms with Crippen molar-refractivity contribution < 1.29 is 22.0 Å². The number of anilines is 2. The molecule has 0 saturated carbocycles. The van der Waals surface area contributed by atoms with Crippen molar-refractivity contribution in [3.8, 4) is 0 Å². The van der Waals surface area contributed by atoms with Crippen LogP contribution in [0.2, 0.25) is 0 Å². The zero-order valence-electron chi connectivity index (χ0n) is 15.8. The van der Waals surface area contributed by atoms with Gasteiger partial charge in [-0.25, -0.2) is 17.2 Å². The maximum absolute atomic E-state index is 13.9. The minimum absolute atomic E-state index is 0.0262. The second-order valence-electron chi connectivity index (χ2n) is 6.34. The van der Waals surface area contributed by atoms with Crippen molar-refractivity contribution in [2.24, 2.45) is 7.05 Å². The number of sulfonamides is 1. The molecule has 1 N–H and O–H groups in total. The maximum Gasteiger partial charge on any atom is 0.265 e. The van der Waals surface area contributed by atoms with Crippen LogP contribution in [0.4, 0.5) is 20.3 Å². The van der Waals surface area contributed by atoms with Crippen molar-refractivity contribution >= 4 is 27.4 Å². The first kappa shape index (κ1) is 20.5. The van der Waals surface area contributed by atoms with Gasteiger partial charge in [0.15, 0.2) is 5.82 Å². The van der Waals surface area contributed by atoms with Crippen LogP contribution in [0.3, 0.4) is 0 Å². The van der Waals surface area contributed by atoms with Gasteiger partial charge in [-0.3, -0.25) is 13.8 Å². The number of nitrogens with one attached hydrogen (secondary N) is 1. The molecule has 7 nitrogen and oxygen atoms in total. The summed E-state index contributed by atoms with van der Waals surface area (Å²) in [4.78, 5) is 12.7. The van der Waals surface area contributed by atoms with Crippen LogP contribution in [0.25, 0.3) is 0 Å². The van der Waals surface area contributed by atoms with Gasteiger partial charge in [0.1, 0.15) is 22.9 Å². The first-order valence-corrected chi connectivity index (χ1v) is 9.90. The van der Waals surface area contributed by atoms with Crippen LogP contribution in [0, 0.1) is 18.6 Å². The molecule has 2 aromatic carbocycles. The number of benzene rings is 2. The van der Waals surface area contributed by atoms with Crippen LogP contribution >= 0.6 is 0 Å². The third kappa shape index (κ3) is 3.83. The van der Waals surface area contributed by atoms with Crippen LogP contribution in [-0.2, 0) is 17.1 Å². The Bertz CT molecular complexity index is 1150. The lowest BCUT2D eigenvalue weighted by Gasteiger charge is -2.21. The summed E-state index contributed by atoms with van der Waals surface area (Å²) in [6.07, 6.45) is 1.13. The van der Waals surface area contributed by atoms with E-state index in [1.54, 1.807) is 12.1 Å². The standard InChI is InChI=1S/C19H18F2N4O3S/c1-12-7-9-13(10-8-12)29(27,28)25(3)19-14(11-22-24(19)2)18(26)23-17-15(20)5-4-6-16(17)21/h4-11H,1-3H3,(H,23,26). The van der Waals surface area contributed by atoms with E-state index in [0.29, 0.717) is 0 Å². The highest BCUT2D eigenvalue weighted by molar-refractivity contribution is 7.92. The van der Waals surface area contributed by atoms with Crippen LogP contribution in [0.1, 0.15) is 15.9 Å². The Hall–Kier alpha value is -3.27. The smallest absolute Gasteiger partial charge is 0.265 e. The molecular formula is C19H18F2N4O3S. The first-order chi connectivity index (χ1) is 13.6. The molecule has 0 aliphatic carbocycles. The molecule has 3 aromatic rings. The molecule has 0 fully saturated rings. The first-order valence-electron chi connectivity index (χ1n) is 8.46. The maximum atomic E-state index is 13.9. The molecule has 0 aliphatic rings. The lowest BCUT2D eigenvalue weighted by atomic mass is 10.2.